The molecule has 0 fully saturated rings. The standard InChI is InChI=1S/C10H13N5S/c1-2-7-4-12-14-10(7)9(3-1)11-5-8-6-16-15-13-8/h4,6,9,11H,1-3,5H2,(H,12,14). The first-order valence-electron chi connectivity index (χ1n) is 5.45. The van der Waals surface area contributed by atoms with Crippen LogP contribution in [-0.4, -0.2) is 19.8 Å². The monoisotopic (exact) mass is 235 g/mol. The van der Waals surface area contributed by atoms with E-state index in [2.05, 4.69) is 25.1 Å². The van der Waals surface area contributed by atoms with Crippen molar-refractivity contribution in [3.05, 3.63) is 28.5 Å². The van der Waals surface area contributed by atoms with Crippen LogP contribution in [0.4, 0.5) is 0 Å². The molecule has 2 aromatic heterocycles. The molecular formula is C10H13N5S. The fourth-order valence-electron chi connectivity index (χ4n) is 2.16. The molecule has 1 aliphatic carbocycles. The minimum Gasteiger partial charge on any atom is -0.303 e. The van der Waals surface area contributed by atoms with Crippen LogP contribution in [0.5, 0.6) is 0 Å². The van der Waals surface area contributed by atoms with Gasteiger partial charge in [-0.25, -0.2) is 0 Å². The van der Waals surface area contributed by atoms with Gasteiger partial charge in [0.2, 0.25) is 0 Å². The van der Waals surface area contributed by atoms with E-state index in [1.807, 2.05) is 11.6 Å². The SMILES string of the molecule is c1snnc1CNC1CCCc2cn[nH]c21. The fraction of sp³-hybridized carbons (Fsp3) is 0.500. The number of hydrogen-bond acceptors (Lipinski definition) is 5. The quantitative estimate of drug-likeness (QED) is 0.844. The third kappa shape index (κ3) is 1.85. The van der Waals surface area contributed by atoms with Crippen molar-refractivity contribution in [2.75, 3.05) is 0 Å². The molecule has 2 aromatic rings. The van der Waals surface area contributed by atoms with Crippen LogP contribution in [-0.2, 0) is 13.0 Å². The predicted molar refractivity (Wildman–Crippen MR) is 61.0 cm³/mol. The van der Waals surface area contributed by atoms with E-state index >= 15 is 0 Å². The van der Waals surface area contributed by atoms with Gasteiger partial charge in [-0.1, -0.05) is 4.49 Å². The van der Waals surface area contributed by atoms with Crippen LogP contribution in [0.1, 0.15) is 35.8 Å². The molecule has 2 N–H and O–H groups in total. The molecule has 0 spiro atoms. The van der Waals surface area contributed by atoms with Crippen molar-refractivity contribution in [3.63, 3.8) is 0 Å². The molecular weight excluding hydrogens is 222 g/mol. The smallest absolute Gasteiger partial charge is 0.0893 e. The van der Waals surface area contributed by atoms with Gasteiger partial charge in [0.15, 0.2) is 0 Å². The zero-order valence-electron chi connectivity index (χ0n) is 8.81. The lowest BCUT2D eigenvalue weighted by Gasteiger charge is -2.22. The average molecular weight is 235 g/mol. The van der Waals surface area contributed by atoms with Gasteiger partial charge in [-0.05, 0) is 36.4 Å². The highest BCUT2D eigenvalue weighted by Crippen LogP contribution is 2.27. The van der Waals surface area contributed by atoms with Gasteiger partial charge in [0.25, 0.3) is 0 Å². The number of nitrogens with one attached hydrogen (secondary N) is 2. The van der Waals surface area contributed by atoms with E-state index < -0.39 is 0 Å². The molecule has 16 heavy (non-hydrogen) atoms. The van der Waals surface area contributed by atoms with E-state index in [-0.39, 0.29) is 0 Å². The van der Waals surface area contributed by atoms with Crippen molar-refractivity contribution in [2.24, 2.45) is 0 Å². The van der Waals surface area contributed by atoms with Gasteiger partial charge >= 0.3 is 0 Å². The average Bonchev–Trinajstić information content (AvgIpc) is 2.97. The summed E-state index contributed by atoms with van der Waals surface area (Å²) in [5.41, 5.74) is 3.60. The number of aryl methyl sites for hydroxylation is 1. The van der Waals surface area contributed by atoms with Crippen molar-refractivity contribution < 1.29 is 0 Å². The lowest BCUT2D eigenvalue weighted by molar-refractivity contribution is 0.447. The summed E-state index contributed by atoms with van der Waals surface area (Å²) in [6.45, 7) is 0.777. The largest absolute Gasteiger partial charge is 0.303 e. The van der Waals surface area contributed by atoms with E-state index in [0.29, 0.717) is 6.04 Å². The third-order valence-corrected chi connectivity index (χ3v) is 3.53. The van der Waals surface area contributed by atoms with Crippen molar-refractivity contribution in [2.45, 2.75) is 31.8 Å². The molecule has 6 heteroatoms. The summed E-state index contributed by atoms with van der Waals surface area (Å²) in [6.07, 6.45) is 5.46. The van der Waals surface area contributed by atoms with Gasteiger partial charge in [-0.15, -0.1) is 5.10 Å². The number of aromatic nitrogens is 4. The van der Waals surface area contributed by atoms with Crippen molar-refractivity contribution in [1.29, 1.82) is 0 Å². The molecule has 0 saturated carbocycles. The summed E-state index contributed by atoms with van der Waals surface area (Å²) in [7, 11) is 0. The molecule has 0 saturated heterocycles. The Morgan fingerprint density at radius 2 is 2.56 bits per heavy atom. The van der Waals surface area contributed by atoms with E-state index in [9.17, 15) is 0 Å². The van der Waals surface area contributed by atoms with Gasteiger partial charge in [-0.2, -0.15) is 5.10 Å². The Kier molecular flexibility index (Phi) is 2.67. The van der Waals surface area contributed by atoms with E-state index in [1.54, 1.807) is 0 Å². The maximum Gasteiger partial charge on any atom is 0.0893 e. The van der Waals surface area contributed by atoms with Crippen LogP contribution in [0.3, 0.4) is 0 Å². The van der Waals surface area contributed by atoms with Crippen molar-refractivity contribution >= 4 is 11.5 Å². The zero-order valence-corrected chi connectivity index (χ0v) is 9.63. The molecule has 1 aliphatic rings. The van der Waals surface area contributed by atoms with E-state index in [4.69, 9.17) is 0 Å². The summed E-state index contributed by atoms with van der Waals surface area (Å²) in [6, 6.07) is 0.382. The highest BCUT2D eigenvalue weighted by molar-refractivity contribution is 7.03. The lowest BCUT2D eigenvalue weighted by Crippen LogP contribution is -2.25. The molecule has 2 heterocycles. The Balaban J connectivity index is 1.69. The van der Waals surface area contributed by atoms with Gasteiger partial charge in [0.05, 0.1) is 17.6 Å². The second kappa shape index (κ2) is 4.31. The molecule has 0 aliphatic heterocycles. The first-order valence-corrected chi connectivity index (χ1v) is 6.28. The molecule has 1 unspecified atom stereocenters. The first-order chi connectivity index (χ1) is 7.93. The summed E-state index contributed by atoms with van der Waals surface area (Å²) in [5, 5.41) is 16.7. The highest BCUT2D eigenvalue weighted by Gasteiger charge is 2.21. The van der Waals surface area contributed by atoms with Gasteiger partial charge in [-0.3, -0.25) is 5.10 Å². The third-order valence-electron chi connectivity index (χ3n) is 2.97. The highest BCUT2D eigenvalue weighted by atomic mass is 32.1. The maximum absolute atomic E-state index is 4.11. The zero-order chi connectivity index (χ0) is 10.8. The second-order valence-electron chi connectivity index (χ2n) is 4.03. The molecule has 0 radical (unpaired) electrons. The minimum absolute atomic E-state index is 0.382. The molecule has 0 aromatic carbocycles. The van der Waals surface area contributed by atoms with Gasteiger partial charge < -0.3 is 5.32 Å². The molecule has 84 valence electrons. The number of hydrogen-bond donors (Lipinski definition) is 2. The predicted octanol–water partition coefficient (Wildman–Crippen LogP) is 1.43. The Morgan fingerprint density at radius 3 is 3.44 bits per heavy atom. The van der Waals surface area contributed by atoms with Crippen molar-refractivity contribution in [1.82, 2.24) is 25.1 Å². The maximum atomic E-state index is 4.11. The summed E-state index contributed by atoms with van der Waals surface area (Å²) in [5.74, 6) is 0. The van der Waals surface area contributed by atoms with Gasteiger partial charge in [0, 0.05) is 18.0 Å². The Labute approximate surface area is 97.4 Å². The van der Waals surface area contributed by atoms with Crippen LogP contribution in [0.25, 0.3) is 0 Å². The van der Waals surface area contributed by atoms with Crippen LogP contribution in [0.15, 0.2) is 11.6 Å². The molecule has 0 bridgehead atoms. The fourth-order valence-corrected chi connectivity index (χ4v) is 2.61. The minimum atomic E-state index is 0.382. The normalized spacial score (nSPS) is 19.6. The first kappa shape index (κ1) is 9.92. The molecule has 0 amide bonds. The van der Waals surface area contributed by atoms with E-state index in [0.717, 1.165) is 25.1 Å². The number of rotatable bonds is 3. The topological polar surface area (TPSA) is 66.5 Å². The van der Waals surface area contributed by atoms with Crippen LogP contribution >= 0.6 is 11.5 Å². The number of fused-ring (bicyclic) bond motifs is 1. The summed E-state index contributed by atoms with van der Waals surface area (Å²) >= 11 is 1.39. The second-order valence-corrected chi connectivity index (χ2v) is 4.64. The summed E-state index contributed by atoms with van der Waals surface area (Å²) < 4.78 is 3.85. The van der Waals surface area contributed by atoms with Crippen LogP contribution in [0.2, 0.25) is 0 Å². The van der Waals surface area contributed by atoms with Gasteiger partial charge in [0.1, 0.15) is 0 Å². The Morgan fingerprint density at radius 1 is 1.56 bits per heavy atom. The number of aromatic amines is 1. The molecule has 1 atom stereocenters. The van der Waals surface area contributed by atoms with Crippen molar-refractivity contribution in [3.8, 4) is 0 Å². The Hall–Kier alpha value is -1.27. The number of nitrogens with zero attached hydrogens (tertiary/aromatic N) is 3. The Bertz CT molecular complexity index is 449. The van der Waals surface area contributed by atoms with E-state index in [1.165, 1.54) is 29.2 Å². The molecule has 3 rings (SSSR count). The number of H-pyrrole nitrogens is 1. The van der Waals surface area contributed by atoms with Crippen LogP contribution in [0, 0.1) is 0 Å². The molecule has 5 nitrogen and oxygen atoms in total. The summed E-state index contributed by atoms with van der Waals surface area (Å²) in [4.78, 5) is 0. The van der Waals surface area contributed by atoms with Crippen LogP contribution < -0.4 is 5.32 Å². The lowest BCUT2D eigenvalue weighted by atomic mass is 9.94.